The van der Waals surface area contributed by atoms with Crippen LogP contribution in [0.2, 0.25) is 5.02 Å². The summed E-state index contributed by atoms with van der Waals surface area (Å²) in [6, 6.07) is 12.9. The van der Waals surface area contributed by atoms with Crippen molar-refractivity contribution in [1.29, 1.82) is 0 Å². The SMILES string of the molecule is CC(C)(C)c1ccc(Cl)cc1-c1cccc2c3c(sc12)C=CCC=C3. The second-order valence-corrected chi connectivity index (χ2v) is 9.03. The van der Waals surface area contributed by atoms with E-state index >= 15 is 0 Å². The molecule has 0 spiro atoms. The zero-order valence-electron chi connectivity index (χ0n) is 14.8. The Morgan fingerprint density at radius 2 is 1.76 bits per heavy atom. The van der Waals surface area contributed by atoms with Gasteiger partial charge in [-0.05, 0) is 46.7 Å². The van der Waals surface area contributed by atoms with Gasteiger partial charge in [-0.15, -0.1) is 11.3 Å². The van der Waals surface area contributed by atoms with Gasteiger partial charge in [0, 0.05) is 25.5 Å². The second-order valence-electron chi connectivity index (χ2n) is 7.54. The third-order valence-electron chi connectivity index (χ3n) is 4.69. The molecule has 0 saturated carbocycles. The lowest BCUT2D eigenvalue weighted by atomic mass is 9.81. The minimum atomic E-state index is 0.0657. The molecule has 126 valence electrons. The first-order chi connectivity index (χ1) is 11.9. The third-order valence-corrected chi connectivity index (χ3v) is 6.14. The Labute approximate surface area is 158 Å². The lowest BCUT2D eigenvalue weighted by Crippen LogP contribution is -2.12. The zero-order chi connectivity index (χ0) is 17.6. The molecule has 0 nitrogen and oxygen atoms in total. The van der Waals surface area contributed by atoms with E-state index in [-0.39, 0.29) is 5.41 Å². The van der Waals surface area contributed by atoms with Crippen molar-refractivity contribution in [2.45, 2.75) is 32.6 Å². The summed E-state index contributed by atoms with van der Waals surface area (Å²) >= 11 is 8.25. The predicted molar refractivity (Wildman–Crippen MR) is 114 cm³/mol. The fraction of sp³-hybridized carbons (Fsp3) is 0.217. The highest BCUT2D eigenvalue weighted by Crippen LogP contribution is 2.43. The molecule has 0 radical (unpaired) electrons. The van der Waals surface area contributed by atoms with E-state index in [9.17, 15) is 0 Å². The van der Waals surface area contributed by atoms with Gasteiger partial charge in [-0.1, -0.05) is 74.9 Å². The van der Waals surface area contributed by atoms with Crippen LogP contribution in [-0.4, -0.2) is 0 Å². The Balaban J connectivity index is 2.04. The normalized spacial score (nSPS) is 13.9. The van der Waals surface area contributed by atoms with E-state index in [2.05, 4.69) is 75.4 Å². The maximum absolute atomic E-state index is 6.37. The second kappa shape index (κ2) is 6.16. The van der Waals surface area contributed by atoms with Gasteiger partial charge in [0.05, 0.1) is 0 Å². The summed E-state index contributed by atoms with van der Waals surface area (Å²) in [5, 5.41) is 2.12. The average Bonchev–Trinajstić information content (AvgIpc) is 2.75. The van der Waals surface area contributed by atoms with Crippen molar-refractivity contribution in [3.8, 4) is 11.1 Å². The highest BCUT2D eigenvalue weighted by Gasteiger charge is 2.21. The molecule has 0 amide bonds. The number of halogens is 1. The topological polar surface area (TPSA) is 0 Å². The van der Waals surface area contributed by atoms with Gasteiger partial charge < -0.3 is 0 Å². The average molecular weight is 365 g/mol. The molecule has 2 aromatic carbocycles. The van der Waals surface area contributed by atoms with Gasteiger partial charge >= 0.3 is 0 Å². The molecular formula is C23H21ClS. The van der Waals surface area contributed by atoms with Crippen LogP contribution in [0.25, 0.3) is 33.4 Å². The van der Waals surface area contributed by atoms with Gasteiger partial charge in [-0.2, -0.15) is 0 Å². The van der Waals surface area contributed by atoms with Gasteiger partial charge in [0.2, 0.25) is 0 Å². The predicted octanol–water partition coefficient (Wildman–Crippen LogP) is 7.95. The minimum Gasteiger partial charge on any atom is -0.135 e. The molecule has 0 unspecified atom stereocenters. The molecule has 1 aliphatic carbocycles. The first-order valence-electron chi connectivity index (χ1n) is 8.64. The van der Waals surface area contributed by atoms with Gasteiger partial charge in [0.1, 0.15) is 0 Å². The summed E-state index contributed by atoms with van der Waals surface area (Å²) in [6.07, 6.45) is 10.00. The van der Waals surface area contributed by atoms with Crippen LogP contribution < -0.4 is 0 Å². The van der Waals surface area contributed by atoms with Crippen LogP contribution in [0.5, 0.6) is 0 Å². The molecule has 25 heavy (non-hydrogen) atoms. The van der Waals surface area contributed by atoms with Crippen molar-refractivity contribution in [2.75, 3.05) is 0 Å². The molecule has 2 heteroatoms. The molecule has 1 aromatic heterocycles. The number of allylic oxidation sites excluding steroid dienone is 2. The molecule has 1 heterocycles. The molecule has 0 aliphatic heterocycles. The van der Waals surface area contributed by atoms with Crippen molar-refractivity contribution in [2.24, 2.45) is 0 Å². The first kappa shape index (κ1) is 16.6. The van der Waals surface area contributed by atoms with E-state index in [1.165, 1.54) is 37.2 Å². The van der Waals surface area contributed by atoms with Crippen molar-refractivity contribution in [3.05, 3.63) is 69.6 Å². The van der Waals surface area contributed by atoms with Gasteiger partial charge in [0.15, 0.2) is 0 Å². The van der Waals surface area contributed by atoms with E-state index < -0.39 is 0 Å². The van der Waals surface area contributed by atoms with Crippen LogP contribution in [0.4, 0.5) is 0 Å². The van der Waals surface area contributed by atoms with Gasteiger partial charge in [-0.3, -0.25) is 0 Å². The molecule has 0 saturated heterocycles. The molecule has 4 rings (SSSR count). The molecule has 0 N–H and O–H groups in total. The van der Waals surface area contributed by atoms with E-state index in [1.54, 1.807) is 0 Å². The lowest BCUT2D eigenvalue weighted by molar-refractivity contribution is 0.592. The van der Waals surface area contributed by atoms with E-state index in [4.69, 9.17) is 11.6 Å². The Morgan fingerprint density at radius 3 is 2.56 bits per heavy atom. The largest absolute Gasteiger partial charge is 0.135 e. The Hall–Kier alpha value is -1.83. The number of hydrogen-bond donors (Lipinski definition) is 0. The Morgan fingerprint density at radius 1 is 0.960 bits per heavy atom. The quantitative estimate of drug-likeness (QED) is 0.411. The fourth-order valence-electron chi connectivity index (χ4n) is 3.50. The Bertz CT molecular complexity index is 1010. The summed E-state index contributed by atoms with van der Waals surface area (Å²) in [4.78, 5) is 1.34. The monoisotopic (exact) mass is 364 g/mol. The number of thiophene rings is 1. The molecule has 0 bridgehead atoms. The van der Waals surface area contributed by atoms with Crippen LogP contribution in [-0.2, 0) is 5.41 Å². The van der Waals surface area contributed by atoms with Crippen LogP contribution in [0.1, 0.15) is 43.2 Å². The van der Waals surface area contributed by atoms with Crippen LogP contribution in [0.15, 0.2) is 48.6 Å². The number of hydrogen-bond acceptors (Lipinski definition) is 1. The van der Waals surface area contributed by atoms with E-state index in [0.717, 1.165) is 11.4 Å². The third kappa shape index (κ3) is 2.96. The summed E-state index contributed by atoms with van der Waals surface area (Å²) in [7, 11) is 0. The van der Waals surface area contributed by atoms with Crippen LogP contribution in [0, 0.1) is 0 Å². The molecule has 3 aromatic rings. The maximum atomic E-state index is 6.37. The summed E-state index contributed by atoms with van der Waals surface area (Å²) in [6.45, 7) is 6.78. The smallest absolute Gasteiger partial charge is 0.0433 e. The zero-order valence-corrected chi connectivity index (χ0v) is 16.3. The fourth-order valence-corrected chi connectivity index (χ4v) is 4.92. The van der Waals surface area contributed by atoms with E-state index in [1.807, 2.05) is 17.4 Å². The Kier molecular flexibility index (Phi) is 4.10. The maximum Gasteiger partial charge on any atom is 0.0433 e. The highest BCUT2D eigenvalue weighted by atomic mass is 35.5. The van der Waals surface area contributed by atoms with E-state index in [0.29, 0.717) is 0 Å². The standard InChI is InChI=1S/C23H21ClS/c1-23(2,3)20-13-12-15(24)14-19(20)18-10-7-9-17-16-8-5-4-6-11-21(16)25-22(17)18/h5-14H,4H2,1-3H3. The highest BCUT2D eigenvalue weighted by molar-refractivity contribution is 7.20. The summed E-state index contributed by atoms with van der Waals surface area (Å²) in [5.41, 5.74) is 5.27. The summed E-state index contributed by atoms with van der Waals surface area (Å²) < 4.78 is 1.34. The van der Waals surface area contributed by atoms with Crippen LogP contribution in [0.3, 0.4) is 0 Å². The number of rotatable bonds is 1. The van der Waals surface area contributed by atoms with Gasteiger partial charge in [0.25, 0.3) is 0 Å². The molecule has 0 fully saturated rings. The number of fused-ring (bicyclic) bond motifs is 3. The minimum absolute atomic E-state index is 0.0657. The van der Waals surface area contributed by atoms with Crippen molar-refractivity contribution >= 4 is 45.2 Å². The van der Waals surface area contributed by atoms with Crippen molar-refractivity contribution in [3.63, 3.8) is 0 Å². The first-order valence-corrected chi connectivity index (χ1v) is 9.83. The lowest BCUT2D eigenvalue weighted by Gasteiger charge is -2.23. The molecular weight excluding hydrogens is 344 g/mol. The van der Waals surface area contributed by atoms with Crippen LogP contribution >= 0.6 is 22.9 Å². The summed E-state index contributed by atoms with van der Waals surface area (Å²) in [5.74, 6) is 0. The van der Waals surface area contributed by atoms with Gasteiger partial charge in [-0.25, -0.2) is 0 Å². The molecule has 0 atom stereocenters. The molecule has 1 aliphatic rings. The van der Waals surface area contributed by atoms with Crippen molar-refractivity contribution in [1.82, 2.24) is 0 Å². The number of benzene rings is 2. The van der Waals surface area contributed by atoms with Crippen molar-refractivity contribution < 1.29 is 0 Å².